The number of carbonyl (C=O) groups excluding carboxylic acids is 1. The molecule has 17 heavy (non-hydrogen) atoms. The molecule has 0 saturated heterocycles. The predicted octanol–water partition coefficient (Wildman–Crippen LogP) is 2.50. The van der Waals surface area contributed by atoms with Crippen molar-refractivity contribution in [2.45, 2.75) is 39.2 Å². The summed E-state index contributed by atoms with van der Waals surface area (Å²) in [4.78, 5) is 16.0. The molecule has 1 heterocycles. The minimum atomic E-state index is -0.854. The molecule has 1 aromatic rings. The van der Waals surface area contributed by atoms with Crippen LogP contribution in [0.15, 0.2) is 12.3 Å². The van der Waals surface area contributed by atoms with Gasteiger partial charge in [0.2, 0.25) is 5.91 Å². The van der Waals surface area contributed by atoms with Gasteiger partial charge >= 0.3 is 0 Å². The highest BCUT2D eigenvalue weighted by molar-refractivity contribution is 6.32. The van der Waals surface area contributed by atoms with Crippen LogP contribution in [0.4, 0.5) is 5.69 Å². The molecule has 5 heteroatoms. The van der Waals surface area contributed by atoms with E-state index in [1.165, 1.54) is 0 Å². The van der Waals surface area contributed by atoms with Gasteiger partial charge in [0.1, 0.15) is 0 Å². The number of nitrogens with zero attached hydrogens (tertiary/aromatic N) is 1. The molecule has 94 valence electrons. The molecule has 0 aliphatic rings. The number of anilines is 1. The maximum Gasteiger partial charge on any atom is 0.244 e. The lowest BCUT2D eigenvalue weighted by molar-refractivity contribution is -0.121. The Balaban J connectivity index is 2.91. The van der Waals surface area contributed by atoms with Gasteiger partial charge in [0.25, 0.3) is 0 Å². The Morgan fingerprint density at radius 3 is 2.65 bits per heavy atom. The minimum absolute atomic E-state index is 0.225. The Morgan fingerprint density at radius 1 is 1.53 bits per heavy atom. The smallest absolute Gasteiger partial charge is 0.244 e. The lowest BCUT2D eigenvalue weighted by Gasteiger charge is -2.25. The molecule has 0 radical (unpaired) electrons. The number of carbonyl (C=O) groups is 1. The highest BCUT2D eigenvalue weighted by atomic mass is 35.5. The van der Waals surface area contributed by atoms with Gasteiger partial charge in [-0.3, -0.25) is 4.79 Å². The Kier molecular flexibility index (Phi) is 4.48. The van der Waals surface area contributed by atoms with E-state index in [0.29, 0.717) is 18.5 Å². The highest BCUT2D eigenvalue weighted by Gasteiger charge is 2.30. The average Bonchev–Trinajstić information content (AvgIpc) is 2.32. The fraction of sp³-hybridized carbons (Fsp3) is 0.500. The van der Waals surface area contributed by atoms with Crippen molar-refractivity contribution in [2.75, 3.05) is 5.32 Å². The first-order chi connectivity index (χ1) is 7.92. The number of pyridine rings is 1. The summed E-state index contributed by atoms with van der Waals surface area (Å²) in [5.41, 5.74) is 6.59. The second-order valence-electron chi connectivity index (χ2n) is 4.17. The van der Waals surface area contributed by atoms with Gasteiger partial charge in [-0.1, -0.05) is 25.4 Å². The van der Waals surface area contributed by atoms with Crippen molar-refractivity contribution >= 4 is 23.2 Å². The minimum Gasteiger partial charge on any atom is -0.322 e. The number of hydrogen-bond acceptors (Lipinski definition) is 3. The van der Waals surface area contributed by atoms with Gasteiger partial charge < -0.3 is 11.1 Å². The molecular formula is C12H18ClN3O. The average molecular weight is 256 g/mol. The van der Waals surface area contributed by atoms with Crippen LogP contribution in [0, 0.1) is 6.92 Å². The number of nitrogens with one attached hydrogen (secondary N) is 1. The van der Waals surface area contributed by atoms with Gasteiger partial charge in [-0.05, 0) is 31.4 Å². The van der Waals surface area contributed by atoms with E-state index in [2.05, 4.69) is 10.3 Å². The van der Waals surface area contributed by atoms with E-state index in [1.54, 1.807) is 12.3 Å². The van der Waals surface area contributed by atoms with E-state index in [4.69, 9.17) is 17.3 Å². The number of nitrogens with two attached hydrogens (primary N) is 1. The predicted molar refractivity (Wildman–Crippen MR) is 70.1 cm³/mol. The third-order valence-corrected chi connectivity index (χ3v) is 3.24. The Morgan fingerprint density at radius 2 is 2.12 bits per heavy atom. The zero-order valence-corrected chi connectivity index (χ0v) is 11.1. The van der Waals surface area contributed by atoms with Crippen LogP contribution in [0.2, 0.25) is 5.15 Å². The molecule has 0 saturated carbocycles. The summed E-state index contributed by atoms with van der Waals surface area (Å²) in [6.45, 7) is 5.66. The van der Waals surface area contributed by atoms with Crippen molar-refractivity contribution in [3.8, 4) is 0 Å². The summed E-state index contributed by atoms with van der Waals surface area (Å²) in [6.07, 6.45) is 2.80. The number of hydrogen-bond donors (Lipinski definition) is 2. The van der Waals surface area contributed by atoms with Crippen LogP contribution >= 0.6 is 11.6 Å². The number of amides is 1. The van der Waals surface area contributed by atoms with Crippen molar-refractivity contribution in [3.05, 3.63) is 23.0 Å². The summed E-state index contributed by atoms with van der Waals surface area (Å²) in [5, 5.41) is 3.01. The fourth-order valence-corrected chi connectivity index (χ4v) is 1.61. The van der Waals surface area contributed by atoms with Gasteiger partial charge in [-0.2, -0.15) is 0 Å². The molecule has 0 spiro atoms. The van der Waals surface area contributed by atoms with E-state index in [0.717, 1.165) is 5.56 Å². The summed E-state index contributed by atoms with van der Waals surface area (Å²) < 4.78 is 0. The largest absolute Gasteiger partial charge is 0.322 e. The molecule has 0 aliphatic carbocycles. The number of aromatic nitrogens is 1. The third kappa shape index (κ3) is 3.17. The standard InChI is InChI=1S/C12H18ClN3O/c1-4-12(14,5-2)11(17)16-9-6-8(3)7-15-10(9)13/h6-7H,4-5,14H2,1-3H3,(H,16,17). The summed E-state index contributed by atoms with van der Waals surface area (Å²) in [7, 11) is 0. The SMILES string of the molecule is CCC(N)(CC)C(=O)Nc1cc(C)cnc1Cl. The number of aryl methyl sites for hydroxylation is 1. The quantitative estimate of drug-likeness (QED) is 0.813. The first-order valence-electron chi connectivity index (χ1n) is 5.65. The van der Waals surface area contributed by atoms with Gasteiger partial charge in [-0.15, -0.1) is 0 Å². The third-order valence-electron chi connectivity index (χ3n) is 2.94. The molecule has 0 unspecified atom stereocenters. The van der Waals surface area contributed by atoms with Gasteiger partial charge in [0.15, 0.2) is 5.15 Å². The normalized spacial score (nSPS) is 11.4. The molecule has 0 fully saturated rings. The van der Waals surface area contributed by atoms with Crippen LogP contribution in [0.25, 0.3) is 0 Å². The zero-order valence-electron chi connectivity index (χ0n) is 10.4. The zero-order chi connectivity index (χ0) is 13.1. The molecule has 3 N–H and O–H groups in total. The van der Waals surface area contributed by atoms with E-state index in [-0.39, 0.29) is 11.1 Å². The molecule has 4 nitrogen and oxygen atoms in total. The molecule has 1 aromatic heterocycles. The van der Waals surface area contributed by atoms with E-state index >= 15 is 0 Å². The first kappa shape index (κ1) is 13.9. The van der Waals surface area contributed by atoms with Gasteiger partial charge in [-0.25, -0.2) is 4.98 Å². The highest BCUT2D eigenvalue weighted by Crippen LogP contribution is 2.22. The van der Waals surface area contributed by atoms with Crippen LogP contribution in [-0.2, 0) is 4.79 Å². The number of rotatable bonds is 4. The number of halogens is 1. The van der Waals surface area contributed by atoms with Gasteiger partial charge in [0, 0.05) is 6.20 Å². The van der Waals surface area contributed by atoms with E-state index < -0.39 is 5.54 Å². The molecule has 0 atom stereocenters. The lowest BCUT2D eigenvalue weighted by Crippen LogP contribution is -2.50. The van der Waals surface area contributed by atoms with Crippen molar-refractivity contribution < 1.29 is 4.79 Å². The lowest BCUT2D eigenvalue weighted by atomic mass is 9.93. The van der Waals surface area contributed by atoms with Crippen LogP contribution in [0.5, 0.6) is 0 Å². The Bertz CT molecular complexity index is 416. The molecule has 0 aliphatic heterocycles. The van der Waals surface area contributed by atoms with Crippen molar-refractivity contribution in [1.29, 1.82) is 0 Å². The molecule has 1 rings (SSSR count). The second-order valence-corrected chi connectivity index (χ2v) is 4.53. The Hall–Kier alpha value is -1.13. The van der Waals surface area contributed by atoms with Crippen LogP contribution in [0.3, 0.4) is 0 Å². The first-order valence-corrected chi connectivity index (χ1v) is 6.03. The maximum atomic E-state index is 12.0. The van der Waals surface area contributed by atoms with E-state index in [9.17, 15) is 4.79 Å². The van der Waals surface area contributed by atoms with E-state index in [1.807, 2.05) is 20.8 Å². The molecular weight excluding hydrogens is 238 g/mol. The maximum absolute atomic E-state index is 12.0. The molecule has 1 amide bonds. The second kappa shape index (κ2) is 5.47. The summed E-state index contributed by atoms with van der Waals surface area (Å²) >= 11 is 5.91. The van der Waals surface area contributed by atoms with Crippen LogP contribution < -0.4 is 11.1 Å². The molecule has 0 aromatic carbocycles. The fourth-order valence-electron chi connectivity index (χ4n) is 1.46. The van der Waals surface area contributed by atoms with Crippen LogP contribution in [-0.4, -0.2) is 16.4 Å². The van der Waals surface area contributed by atoms with Gasteiger partial charge in [0.05, 0.1) is 11.2 Å². The van der Waals surface area contributed by atoms with Crippen LogP contribution in [0.1, 0.15) is 32.3 Å². The van der Waals surface area contributed by atoms with Crippen molar-refractivity contribution in [1.82, 2.24) is 4.98 Å². The monoisotopic (exact) mass is 255 g/mol. The van der Waals surface area contributed by atoms with Crippen molar-refractivity contribution in [3.63, 3.8) is 0 Å². The summed E-state index contributed by atoms with van der Waals surface area (Å²) in [6, 6.07) is 1.78. The van der Waals surface area contributed by atoms with Crippen molar-refractivity contribution in [2.24, 2.45) is 5.73 Å². The Labute approximate surface area is 107 Å². The molecule has 0 bridgehead atoms. The topological polar surface area (TPSA) is 68.0 Å². The summed E-state index contributed by atoms with van der Waals surface area (Å²) in [5.74, 6) is -0.225.